The Hall–Kier alpha value is -1.89. The summed E-state index contributed by atoms with van der Waals surface area (Å²) >= 11 is 0. The summed E-state index contributed by atoms with van der Waals surface area (Å²) in [6, 6.07) is 4.98. The zero-order chi connectivity index (χ0) is 20.7. The number of rotatable bonds is 7. The van der Waals surface area contributed by atoms with Crippen LogP contribution in [0.15, 0.2) is 23.1 Å². The quantitative estimate of drug-likeness (QED) is 0.755. The highest BCUT2D eigenvalue weighted by Crippen LogP contribution is 2.37. The van der Waals surface area contributed by atoms with Crippen LogP contribution in [0.5, 0.6) is 0 Å². The standard InChI is InChI=1S/C21H30N2O4S/c1-5-21(3,4)22-19(24)12-14(2)28(26,27)17-8-9-18-16(13-17)10-11-23(18)20(25)15-6-7-15/h8-9,13-15H,5-7,10-12H2,1-4H3,(H,22,24)/t14-/m0/s1. The van der Waals surface area contributed by atoms with E-state index in [4.69, 9.17) is 0 Å². The monoisotopic (exact) mass is 406 g/mol. The van der Waals surface area contributed by atoms with Crippen molar-refractivity contribution in [1.82, 2.24) is 5.32 Å². The fraction of sp³-hybridized carbons (Fsp3) is 0.619. The number of amides is 2. The van der Waals surface area contributed by atoms with Crippen LogP contribution in [0.3, 0.4) is 0 Å². The van der Waals surface area contributed by atoms with E-state index < -0.39 is 15.1 Å². The number of hydrogen-bond donors (Lipinski definition) is 1. The summed E-state index contributed by atoms with van der Waals surface area (Å²) in [5, 5.41) is 2.07. The minimum atomic E-state index is -3.62. The summed E-state index contributed by atoms with van der Waals surface area (Å²) in [6.07, 6.45) is 3.25. The predicted molar refractivity (Wildman–Crippen MR) is 109 cm³/mol. The molecule has 1 heterocycles. The average Bonchev–Trinajstić information content (AvgIpc) is 3.39. The summed E-state index contributed by atoms with van der Waals surface area (Å²) in [4.78, 5) is 26.7. The molecule has 0 aromatic heterocycles. The second kappa shape index (κ2) is 7.50. The highest BCUT2D eigenvalue weighted by molar-refractivity contribution is 7.92. The van der Waals surface area contributed by atoms with Crippen LogP contribution in [0.1, 0.15) is 58.9 Å². The zero-order valence-electron chi connectivity index (χ0n) is 17.1. The number of benzene rings is 1. The molecular weight excluding hydrogens is 376 g/mol. The summed E-state index contributed by atoms with van der Waals surface area (Å²) in [5.41, 5.74) is 1.36. The van der Waals surface area contributed by atoms with Gasteiger partial charge in [0.05, 0.1) is 10.1 Å². The van der Waals surface area contributed by atoms with Gasteiger partial charge in [0.15, 0.2) is 9.84 Å². The van der Waals surface area contributed by atoms with Crippen LogP contribution in [-0.4, -0.2) is 37.6 Å². The van der Waals surface area contributed by atoms with Gasteiger partial charge in [0, 0.05) is 30.1 Å². The van der Waals surface area contributed by atoms with Crippen LogP contribution in [0.4, 0.5) is 5.69 Å². The van der Waals surface area contributed by atoms with E-state index in [9.17, 15) is 18.0 Å². The molecule has 3 rings (SSSR count). The maximum absolute atomic E-state index is 13.0. The largest absolute Gasteiger partial charge is 0.351 e. The van der Waals surface area contributed by atoms with Crippen LogP contribution in [0, 0.1) is 5.92 Å². The van der Waals surface area contributed by atoms with E-state index in [0.29, 0.717) is 13.0 Å². The molecule has 0 spiro atoms. The van der Waals surface area contributed by atoms with Gasteiger partial charge in [-0.25, -0.2) is 8.42 Å². The van der Waals surface area contributed by atoms with Crippen LogP contribution >= 0.6 is 0 Å². The first kappa shape index (κ1) is 20.8. The van der Waals surface area contributed by atoms with E-state index in [0.717, 1.165) is 30.5 Å². The molecule has 1 N–H and O–H groups in total. The first-order valence-corrected chi connectivity index (χ1v) is 11.6. The van der Waals surface area contributed by atoms with Gasteiger partial charge >= 0.3 is 0 Å². The average molecular weight is 407 g/mol. The van der Waals surface area contributed by atoms with Crippen LogP contribution in [-0.2, 0) is 25.8 Å². The fourth-order valence-electron chi connectivity index (χ4n) is 3.45. The highest BCUT2D eigenvalue weighted by atomic mass is 32.2. The number of hydrogen-bond acceptors (Lipinski definition) is 4. The Balaban J connectivity index is 1.73. The molecular formula is C21H30N2O4S. The fourth-order valence-corrected chi connectivity index (χ4v) is 4.85. The Bertz CT molecular complexity index is 888. The third kappa shape index (κ3) is 4.24. The molecule has 0 bridgehead atoms. The molecule has 7 heteroatoms. The van der Waals surface area contributed by atoms with Crippen molar-refractivity contribution >= 4 is 27.3 Å². The van der Waals surface area contributed by atoms with Crippen LogP contribution < -0.4 is 10.2 Å². The zero-order valence-corrected chi connectivity index (χ0v) is 17.9. The number of sulfone groups is 1. The molecule has 6 nitrogen and oxygen atoms in total. The number of carbonyl (C=O) groups is 2. The molecule has 2 aliphatic rings. The maximum atomic E-state index is 13.0. The lowest BCUT2D eigenvalue weighted by Gasteiger charge is -2.25. The predicted octanol–water partition coefficient (Wildman–Crippen LogP) is 2.84. The number of nitrogens with one attached hydrogen (secondary N) is 1. The molecule has 2 amide bonds. The first-order valence-electron chi connectivity index (χ1n) is 10.0. The molecule has 1 fully saturated rings. The van der Waals surface area contributed by atoms with Crippen molar-refractivity contribution in [3.05, 3.63) is 23.8 Å². The van der Waals surface area contributed by atoms with Crippen LogP contribution in [0.2, 0.25) is 0 Å². The molecule has 0 unspecified atom stereocenters. The van der Waals surface area contributed by atoms with E-state index in [2.05, 4.69) is 5.32 Å². The molecule has 1 aliphatic heterocycles. The molecule has 1 saturated carbocycles. The van der Waals surface area contributed by atoms with Gasteiger partial charge in [0.25, 0.3) is 0 Å². The lowest BCUT2D eigenvalue weighted by molar-refractivity contribution is -0.122. The van der Waals surface area contributed by atoms with Crippen molar-refractivity contribution in [2.75, 3.05) is 11.4 Å². The molecule has 1 atom stereocenters. The highest BCUT2D eigenvalue weighted by Gasteiger charge is 2.37. The van der Waals surface area contributed by atoms with E-state index in [1.165, 1.54) is 0 Å². The van der Waals surface area contributed by atoms with Crippen LogP contribution in [0.25, 0.3) is 0 Å². The van der Waals surface area contributed by atoms with Crippen molar-refractivity contribution in [3.8, 4) is 0 Å². The normalized spacial score (nSPS) is 17.9. The Morgan fingerprint density at radius 1 is 1.29 bits per heavy atom. The van der Waals surface area contributed by atoms with Gasteiger partial charge in [-0.2, -0.15) is 0 Å². The first-order chi connectivity index (χ1) is 13.0. The topological polar surface area (TPSA) is 83.6 Å². The Morgan fingerprint density at radius 2 is 1.96 bits per heavy atom. The number of fused-ring (bicyclic) bond motifs is 1. The van der Waals surface area contributed by atoms with E-state index in [1.807, 2.05) is 20.8 Å². The van der Waals surface area contributed by atoms with E-state index in [-0.39, 0.29) is 34.6 Å². The van der Waals surface area contributed by atoms with Gasteiger partial charge in [0.2, 0.25) is 11.8 Å². The second-order valence-electron chi connectivity index (χ2n) is 8.65. The van der Waals surface area contributed by atoms with Crippen molar-refractivity contribution in [1.29, 1.82) is 0 Å². The van der Waals surface area contributed by atoms with Gasteiger partial charge in [-0.05, 0) is 70.2 Å². The van der Waals surface area contributed by atoms with Crippen molar-refractivity contribution in [2.45, 2.75) is 75.5 Å². The van der Waals surface area contributed by atoms with Gasteiger partial charge in [-0.3, -0.25) is 9.59 Å². The third-order valence-electron chi connectivity index (χ3n) is 5.83. The van der Waals surface area contributed by atoms with E-state index >= 15 is 0 Å². The molecule has 28 heavy (non-hydrogen) atoms. The maximum Gasteiger partial charge on any atom is 0.230 e. The molecule has 1 aliphatic carbocycles. The minimum Gasteiger partial charge on any atom is -0.351 e. The van der Waals surface area contributed by atoms with Crippen molar-refractivity contribution < 1.29 is 18.0 Å². The summed E-state index contributed by atoms with van der Waals surface area (Å²) < 4.78 is 26.0. The third-order valence-corrected chi connectivity index (χ3v) is 7.97. The Kier molecular flexibility index (Phi) is 5.58. The number of anilines is 1. The Morgan fingerprint density at radius 3 is 2.57 bits per heavy atom. The Labute approximate surface area is 167 Å². The molecule has 1 aromatic carbocycles. The van der Waals surface area contributed by atoms with Crippen molar-refractivity contribution in [2.24, 2.45) is 5.92 Å². The lowest BCUT2D eigenvalue weighted by atomic mass is 10.0. The molecule has 0 saturated heterocycles. The lowest BCUT2D eigenvalue weighted by Crippen LogP contribution is -2.44. The van der Waals surface area contributed by atoms with E-state index in [1.54, 1.807) is 30.0 Å². The molecule has 154 valence electrons. The van der Waals surface area contributed by atoms with Gasteiger partial charge in [-0.1, -0.05) is 6.92 Å². The smallest absolute Gasteiger partial charge is 0.230 e. The number of carbonyl (C=O) groups excluding carboxylic acids is 2. The van der Waals surface area contributed by atoms with Crippen molar-refractivity contribution in [3.63, 3.8) is 0 Å². The van der Waals surface area contributed by atoms with Gasteiger partial charge in [0.1, 0.15) is 0 Å². The number of nitrogens with zero attached hydrogens (tertiary/aromatic N) is 1. The molecule has 0 radical (unpaired) electrons. The summed E-state index contributed by atoms with van der Waals surface area (Å²) in [6.45, 7) is 7.99. The second-order valence-corrected chi connectivity index (χ2v) is 11.0. The molecule has 1 aromatic rings. The summed E-state index contributed by atoms with van der Waals surface area (Å²) in [7, 11) is -3.62. The van der Waals surface area contributed by atoms with Gasteiger partial charge in [-0.15, -0.1) is 0 Å². The summed E-state index contributed by atoms with van der Waals surface area (Å²) in [5.74, 6) is 0.0310. The minimum absolute atomic E-state index is 0.0743. The van der Waals surface area contributed by atoms with Gasteiger partial charge < -0.3 is 10.2 Å². The SMILES string of the molecule is CCC(C)(C)NC(=O)C[C@H](C)S(=O)(=O)c1ccc2c(c1)CCN2C(=O)C1CC1.